The summed E-state index contributed by atoms with van der Waals surface area (Å²) in [5.41, 5.74) is 8.14. The van der Waals surface area contributed by atoms with Gasteiger partial charge in [-0.2, -0.15) is 0 Å². The number of carbonyl (C=O) groups is 1. The molecule has 2 aromatic carbocycles. The van der Waals surface area contributed by atoms with Crippen LogP contribution in [0.5, 0.6) is 0 Å². The first-order valence-corrected chi connectivity index (χ1v) is 5.01. The summed E-state index contributed by atoms with van der Waals surface area (Å²) >= 11 is 0. The van der Waals surface area contributed by atoms with Gasteiger partial charge in [-0.1, -0.05) is 24.3 Å². The highest BCUT2D eigenvalue weighted by Gasteiger charge is 2.13. The SMILES string of the molecule is COC(=O)c1cc(C)c(N)c2ccccc12.Cl. The second-order valence-corrected chi connectivity index (χ2v) is 3.69. The van der Waals surface area contributed by atoms with E-state index in [1.807, 2.05) is 31.2 Å². The van der Waals surface area contributed by atoms with Crippen molar-refractivity contribution in [2.45, 2.75) is 6.92 Å². The topological polar surface area (TPSA) is 52.3 Å². The number of ether oxygens (including phenoxy) is 1. The van der Waals surface area contributed by atoms with Gasteiger partial charge in [0.15, 0.2) is 0 Å². The van der Waals surface area contributed by atoms with Crippen LogP contribution in [-0.4, -0.2) is 13.1 Å². The number of nitrogen functional groups attached to an aromatic ring is 1. The molecule has 4 heteroatoms. The van der Waals surface area contributed by atoms with E-state index >= 15 is 0 Å². The fourth-order valence-electron chi connectivity index (χ4n) is 1.82. The van der Waals surface area contributed by atoms with Crippen LogP contribution in [0.3, 0.4) is 0 Å². The van der Waals surface area contributed by atoms with Crippen molar-refractivity contribution < 1.29 is 9.53 Å². The Morgan fingerprint density at radius 2 is 1.82 bits per heavy atom. The molecule has 0 heterocycles. The van der Waals surface area contributed by atoms with Crippen molar-refractivity contribution in [1.82, 2.24) is 0 Å². The number of anilines is 1. The van der Waals surface area contributed by atoms with Gasteiger partial charge in [0.05, 0.1) is 12.7 Å². The van der Waals surface area contributed by atoms with Crippen molar-refractivity contribution in [2.24, 2.45) is 0 Å². The van der Waals surface area contributed by atoms with Gasteiger partial charge in [0, 0.05) is 11.1 Å². The molecule has 0 aliphatic heterocycles. The maximum Gasteiger partial charge on any atom is 0.338 e. The van der Waals surface area contributed by atoms with E-state index in [1.54, 1.807) is 6.07 Å². The molecule has 0 aliphatic carbocycles. The molecule has 0 saturated carbocycles. The van der Waals surface area contributed by atoms with Crippen LogP contribution in [0.2, 0.25) is 0 Å². The summed E-state index contributed by atoms with van der Waals surface area (Å²) in [6.07, 6.45) is 0. The molecule has 2 rings (SSSR count). The second kappa shape index (κ2) is 5.06. The van der Waals surface area contributed by atoms with E-state index in [1.165, 1.54) is 7.11 Å². The third kappa shape index (κ3) is 2.19. The molecule has 0 spiro atoms. The first kappa shape index (κ1) is 13.3. The molecule has 0 bridgehead atoms. The Kier molecular flexibility index (Phi) is 3.97. The van der Waals surface area contributed by atoms with Crippen LogP contribution < -0.4 is 5.73 Å². The number of benzene rings is 2. The van der Waals surface area contributed by atoms with Crippen molar-refractivity contribution in [3.8, 4) is 0 Å². The van der Waals surface area contributed by atoms with Crippen LogP contribution in [0.4, 0.5) is 5.69 Å². The van der Waals surface area contributed by atoms with Crippen molar-refractivity contribution in [3.05, 3.63) is 41.5 Å². The maximum atomic E-state index is 11.6. The Bertz CT molecular complexity index is 567. The summed E-state index contributed by atoms with van der Waals surface area (Å²) in [6.45, 7) is 1.88. The fraction of sp³-hybridized carbons (Fsp3) is 0.154. The number of esters is 1. The standard InChI is InChI=1S/C13H13NO2.ClH/c1-8-7-11(13(15)16-2)9-5-3-4-6-10(9)12(8)14;/h3-7H,14H2,1-2H3;1H. The Morgan fingerprint density at radius 3 is 2.41 bits per heavy atom. The lowest BCUT2D eigenvalue weighted by Gasteiger charge is -2.10. The van der Waals surface area contributed by atoms with E-state index in [0.717, 1.165) is 16.3 Å². The van der Waals surface area contributed by atoms with E-state index in [9.17, 15) is 4.79 Å². The molecule has 0 unspecified atom stereocenters. The number of nitrogens with two attached hydrogens (primary N) is 1. The number of hydrogen-bond donors (Lipinski definition) is 1. The molecule has 2 N–H and O–H groups in total. The first-order chi connectivity index (χ1) is 7.65. The van der Waals surface area contributed by atoms with Crippen LogP contribution in [0.15, 0.2) is 30.3 Å². The summed E-state index contributed by atoms with van der Waals surface area (Å²) in [6, 6.07) is 9.33. The van der Waals surface area contributed by atoms with Crippen molar-refractivity contribution in [2.75, 3.05) is 12.8 Å². The molecule has 0 atom stereocenters. The zero-order chi connectivity index (χ0) is 11.7. The van der Waals surface area contributed by atoms with Gasteiger partial charge < -0.3 is 10.5 Å². The molecular formula is C13H14ClNO2. The zero-order valence-electron chi connectivity index (χ0n) is 9.69. The van der Waals surface area contributed by atoms with Crippen LogP contribution in [-0.2, 0) is 4.74 Å². The number of methoxy groups -OCH3 is 1. The average molecular weight is 252 g/mol. The summed E-state index contributed by atoms with van der Waals surface area (Å²) in [5, 5.41) is 1.72. The third-order valence-corrected chi connectivity index (χ3v) is 2.70. The third-order valence-electron chi connectivity index (χ3n) is 2.70. The van der Waals surface area contributed by atoms with Gasteiger partial charge in [0.1, 0.15) is 0 Å². The van der Waals surface area contributed by atoms with Crippen molar-refractivity contribution in [3.63, 3.8) is 0 Å². The monoisotopic (exact) mass is 251 g/mol. The lowest BCUT2D eigenvalue weighted by Crippen LogP contribution is -2.04. The predicted octanol–water partition coefficient (Wildman–Crippen LogP) is 2.94. The van der Waals surface area contributed by atoms with Gasteiger partial charge >= 0.3 is 5.97 Å². The van der Waals surface area contributed by atoms with Crippen LogP contribution in [0, 0.1) is 6.92 Å². The van der Waals surface area contributed by atoms with Gasteiger partial charge in [0.25, 0.3) is 0 Å². The van der Waals surface area contributed by atoms with Crippen molar-refractivity contribution >= 4 is 34.8 Å². The smallest absolute Gasteiger partial charge is 0.338 e. The summed E-state index contributed by atoms with van der Waals surface area (Å²) in [7, 11) is 1.38. The Hall–Kier alpha value is -1.74. The molecule has 0 aromatic heterocycles. The molecule has 0 radical (unpaired) electrons. The van der Waals surface area contributed by atoms with Gasteiger partial charge in [0.2, 0.25) is 0 Å². The molecular weight excluding hydrogens is 238 g/mol. The van der Waals surface area contributed by atoms with Crippen LogP contribution >= 0.6 is 12.4 Å². The normalized spacial score (nSPS) is 9.76. The molecule has 0 saturated heterocycles. The largest absolute Gasteiger partial charge is 0.465 e. The summed E-state index contributed by atoms with van der Waals surface area (Å²) in [4.78, 5) is 11.6. The lowest BCUT2D eigenvalue weighted by atomic mass is 9.99. The number of fused-ring (bicyclic) bond motifs is 1. The average Bonchev–Trinajstić information content (AvgIpc) is 2.33. The van der Waals surface area contributed by atoms with E-state index < -0.39 is 0 Å². The fourth-order valence-corrected chi connectivity index (χ4v) is 1.82. The number of hydrogen-bond acceptors (Lipinski definition) is 3. The minimum Gasteiger partial charge on any atom is -0.465 e. The van der Waals surface area contributed by atoms with Crippen LogP contribution in [0.1, 0.15) is 15.9 Å². The number of rotatable bonds is 1. The van der Waals surface area contributed by atoms with Gasteiger partial charge in [-0.05, 0) is 23.9 Å². The molecule has 0 aliphatic rings. The summed E-state index contributed by atoms with van der Waals surface area (Å²) < 4.78 is 4.76. The Morgan fingerprint density at radius 1 is 1.24 bits per heavy atom. The molecule has 17 heavy (non-hydrogen) atoms. The Balaban J connectivity index is 0.00000144. The minimum absolute atomic E-state index is 0. The van der Waals surface area contributed by atoms with E-state index in [2.05, 4.69) is 0 Å². The van der Waals surface area contributed by atoms with Gasteiger partial charge in [-0.25, -0.2) is 4.79 Å². The molecule has 0 amide bonds. The number of carbonyl (C=O) groups excluding carboxylic acids is 1. The van der Waals surface area contributed by atoms with Crippen LogP contribution in [0.25, 0.3) is 10.8 Å². The number of halogens is 1. The zero-order valence-corrected chi connectivity index (χ0v) is 10.5. The highest BCUT2D eigenvalue weighted by molar-refractivity contribution is 6.08. The van der Waals surface area contributed by atoms with Crippen molar-refractivity contribution in [1.29, 1.82) is 0 Å². The minimum atomic E-state index is -0.334. The Labute approximate surface area is 106 Å². The lowest BCUT2D eigenvalue weighted by molar-refractivity contribution is 0.0603. The van der Waals surface area contributed by atoms with E-state index in [-0.39, 0.29) is 18.4 Å². The molecule has 90 valence electrons. The first-order valence-electron chi connectivity index (χ1n) is 5.01. The second-order valence-electron chi connectivity index (χ2n) is 3.69. The van der Waals surface area contributed by atoms with E-state index in [0.29, 0.717) is 11.3 Å². The number of aryl methyl sites for hydroxylation is 1. The molecule has 2 aromatic rings. The van der Waals surface area contributed by atoms with Gasteiger partial charge in [-0.3, -0.25) is 0 Å². The highest BCUT2D eigenvalue weighted by Crippen LogP contribution is 2.28. The predicted molar refractivity (Wildman–Crippen MR) is 71.7 cm³/mol. The molecule has 0 fully saturated rings. The quantitative estimate of drug-likeness (QED) is 0.626. The van der Waals surface area contributed by atoms with Gasteiger partial charge in [-0.15, -0.1) is 12.4 Å². The molecule has 3 nitrogen and oxygen atoms in total. The summed E-state index contributed by atoms with van der Waals surface area (Å²) in [5.74, 6) is -0.334. The van der Waals surface area contributed by atoms with E-state index in [4.69, 9.17) is 10.5 Å². The maximum absolute atomic E-state index is 11.6. The highest BCUT2D eigenvalue weighted by atomic mass is 35.5.